The van der Waals surface area contributed by atoms with Gasteiger partial charge < -0.3 is 19.3 Å². The standard InChI is InChI=1S/C35H36F3N5O3/c1-3-8-30-29(21-25-13-15-26(16-14-25)28-10-5-4-9-27(28)22-39)34(43(40-30)24-35(36,37)38)46-23-33(44)42-19-17-41(18-20-42)31-11-6-7-12-32(31)45-2/h4-7,9-16H,3,8,17-21,23-24H2,1-2H3. The summed E-state index contributed by atoms with van der Waals surface area (Å²) >= 11 is 0. The lowest BCUT2D eigenvalue weighted by Gasteiger charge is -2.36. The van der Waals surface area contributed by atoms with Gasteiger partial charge in [0, 0.05) is 38.2 Å². The van der Waals surface area contributed by atoms with Crippen LogP contribution in [-0.4, -0.2) is 66.7 Å². The second-order valence-corrected chi connectivity index (χ2v) is 11.1. The number of carbonyl (C=O) groups excluding carboxylic acids is 1. The highest BCUT2D eigenvalue weighted by molar-refractivity contribution is 5.78. The van der Waals surface area contributed by atoms with Crippen molar-refractivity contribution in [2.24, 2.45) is 0 Å². The van der Waals surface area contributed by atoms with Crippen LogP contribution >= 0.6 is 0 Å². The van der Waals surface area contributed by atoms with Gasteiger partial charge in [0.2, 0.25) is 5.88 Å². The van der Waals surface area contributed by atoms with E-state index in [0.717, 1.165) is 32.8 Å². The maximum absolute atomic E-state index is 13.6. The highest BCUT2D eigenvalue weighted by atomic mass is 19.4. The van der Waals surface area contributed by atoms with Crippen molar-refractivity contribution in [1.29, 1.82) is 5.26 Å². The highest BCUT2D eigenvalue weighted by Gasteiger charge is 2.33. The summed E-state index contributed by atoms with van der Waals surface area (Å²) in [4.78, 5) is 17.1. The SMILES string of the molecule is CCCc1nn(CC(F)(F)F)c(OCC(=O)N2CCN(c3ccccc3OC)CC2)c1Cc1ccc(-c2ccccc2C#N)cc1. The number of para-hydroxylation sites is 2. The van der Waals surface area contributed by atoms with Gasteiger partial charge in [0.05, 0.1) is 30.1 Å². The van der Waals surface area contributed by atoms with Gasteiger partial charge in [-0.3, -0.25) is 4.79 Å². The van der Waals surface area contributed by atoms with Gasteiger partial charge in [0.25, 0.3) is 5.91 Å². The van der Waals surface area contributed by atoms with Gasteiger partial charge in [0.1, 0.15) is 12.3 Å². The number of aromatic nitrogens is 2. The van der Waals surface area contributed by atoms with E-state index in [4.69, 9.17) is 9.47 Å². The lowest BCUT2D eigenvalue weighted by atomic mass is 9.97. The van der Waals surface area contributed by atoms with Gasteiger partial charge in [0.15, 0.2) is 6.61 Å². The minimum Gasteiger partial charge on any atom is -0.495 e. The number of piperazine rings is 1. The molecule has 1 amide bonds. The molecule has 0 N–H and O–H groups in total. The molecule has 0 spiro atoms. The van der Waals surface area contributed by atoms with Crippen LogP contribution in [0.4, 0.5) is 18.9 Å². The molecule has 46 heavy (non-hydrogen) atoms. The largest absolute Gasteiger partial charge is 0.495 e. The van der Waals surface area contributed by atoms with Crippen LogP contribution in [0.25, 0.3) is 11.1 Å². The van der Waals surface area contributed by atoms with Gasteiger partial charge >= 0.3 is 6.18 Å². The molecule has 11 heteroatoms. The smallest absolute Gasteiger partial charge is 0.408 e. The molecule has 0 unspecified atom stereocenters. The normalized spacial score (nSPS) is 13.4. The molecular formula is C35H36F3N5O3. The first-order chi connectivity index (χ1) is 22.2. The van der Waals surface area contributed by atoms with Crippen molar-refractivity contribution in [3.05, 3.63) is 95.2 Å². The molecule has 8 nitrogen and oxygen atoms in total. The fourth-order valence-electron chi connectivity index (χ4n) is 5.73. The van der Waals surface area contributed by atoms with Crippen LogP contribution in [0, 0.1) is 11.3 Å². The Bertz CT molecular complexity index is 1690. The summed E-state index contributed by atoms with van der Waals surface area (Å²) in [6.07, 6.45) is -3.12. The number of alkyl halides is 3. The van der Waals surface area contributed by atoms with Gasteiger partial charge in [-0.05, 0) is 41.3 Å². The van der Waals surface area contributed by atoms with Crippen LogP contribution in [-0.2, 0) is 24.2 Å². The number of amides is 1. The summed E-state index contributed by atoms with van der Waals surface area (Å²) in [5, 5.41) is 13.8. The number of hydrogen-bond acceptors (Lipinski definition) is 6. The number of ether oxygens (including phenoxy) is 2. The van der Waals surface area contributed by atoms with Crippen LogP contribution in [0.3, 0.4) is 0 Å². The fourth-order valence-corrected chi connectivity index (χ4v) is 5.73. The first-order valence-electron chi connectivity index (χ1n) is 15.2. The summed E-state index contributed by atoms with van der Waals surface area (Å²) in [6.45, 7) is 2.25. The van der Waals surface area contributed by atoms with Gasteiger partial charge in [-0.15, -0.1) is 0 Å². The Labute approximate surface area is 266 Å². The van der Waals surface area contributed by atoms with Crippen LogP contribution in [0.1, 0.15) is 35.7 Å². The number of nitrogens with zero attached hydrogens (tertiary/aromatic N) is 5. The number of halogens is 3. The van der Waals surface area contributed by atoms with Crippen molar-refractivity contribution in [3.63, 3.8) is 0 Å². The average Bonchev–Trinajstić information content (AvgIpc) is 3.37. The summed E-state index contributed by atoms with van der Waals surface area (Å²) in [7, 11) is 1.62. The van der Waals surface area contributed by atoms with Crippen molar-refractivity contribution >= 4 is 11.6 Å². The molecule has 3 aromatic carbocycles. The predicted molar refractivity (Wildman–Crippen MR) is 169 cm³/mol. The first-order valence-corrected chi connectivity index (χ1v) is 15.2. The van der Waals surface area contributed by atoms with E-state index in [2.05, 4.69) is 16.1 Å². The minimum absolute atomic E-state index is 0.0410. The highest BCUT2D eigenvalue weighted by Crippen LogP contribution is 2.32. The molecular weight excluding hydrogens is 595 g/mol. The maximum Gasteiger partial charge on any atom is 0.408 e. The Morgan fingerprint density at radius 3 is 2.35 bits per heavy atom. The summed E-state index contributed by atoms with van der Waals surface area (Å²) in [5.74, 6) is 0.407. The molecule has 0 aliphatic carbocycles. The predicted octanol–water partition coefficient (Wildman–Crippen LogP) is 6.26. The van der Waals surface area contributed by atoms with Gasteiger partial charge in [-0.2, -0.15) is 23.5 Å². The first kappa shape index (κ1) is 32.4. The molecule has 0 atom stereocenters. The molecule has 1 aromatic heterocycles. The summed E-state index contributed by atoms with van der Waals surface area (Å²) < 4.78 is 53.2. The van der Waals surface area contributed by atoms with Crippen molar-refractivity contribution in [2.75, 3.05) is 44.8 Å². The van der Waals surface area contributed by atoms with Gasteiger partial charge in [-0.1, -0.05) is 67.9 Å². The molecule has 1 aliphatic rings. The van der Waals surface area contributed by atoms with E-state index >= 15 is 0 Å². The molecule has 0 radical (unpaired) electrons. The summed E-state index contributed by atoms with van der Waals surface area (Å²) in [6, 6.07) is 24.7. The van der Waals surface area contributed by atoms with Crippen molar-refractivity contribution in [2.45, 2.75) is 38.9 Å². The van der Waals surface area contributed by atoms with Crippen molar-refractivity contribution < 1.29 is 27.4 Å². The lowest BCUT2D eigenvalue weighted by Crippen LogP contribution is -2.50. The van der Waals surface area contributed by atoms with E-state index in [-0.39, 0.29) is 18.2 Å². The molecule has 1 saturated heterocycles. The maximum atomic E-state index is 13.6. The van der Waals surface area contributed by atoms with Gasteiger partial charge in [-0.25, -0.2) is 4.68 Å². The van der Waals surface area contributed by atoms with Crippen LogP contribution in [0.5, 0.6) is 11.6 Å². The third-order valence-electron chi connectivity index (χ3n) is 7.98. The van der Waals surface area contributed by atoms with E-state index in [1.807, 2.05) is 67.6 Å². The minimum atomic E-state index is -4.53. The van der Waals surface area contributed by atoms with Crippen molar-refractivity contribution in [1.82, 2.24) is 14.7 Å². The van der Waals surface area contributed by atoms with Crippen LogP contribution < -0.4 is 14.4 Å². The quantitative estimate of drug-likeness (QED) is 0.194. The second kappa shape index (κ2) is 14.4. The molecule has 4 aromatic rings. The van der Waals surface area contributed by atoms with E-state index in [1.165, 1.54) is 0 Å². The zero-order valence-corrected chi connectivity index (χ0v) is 25.9. The summed E-state index contributed by atoms with van der Waals surface area (Å²) in [5.41, 5.74) is 5.03. The van der Waals surface area contributed by atoms with E-state index < -0.39 is 19.3 Å². The topological polar surface area (TPSA) is 83.6 Å². The molecule has 1 aliphatic heterocycles. The Kier molecular flexibility index (Phi) is 10.2. The third-order valence-corrected chi connectivity index (χ3v) is 7.98. The zero-order valence-electron chi connectivity index (χ0n) is 25.9. The van der Waals surface area contributed by atoms with E-state index in [9.17, 15) is 23.2 Å². The van der Waals surface area contributed by atoms with E-state index in [1.54, 1.807) is 24.1 Å². The zero-order chi connectivity index (χ0) is 32.7. The Hall–Kier alpha value is -4.98. The molecule has 1 fully saturated rings. The average molecular weight is 632 g/mol. The monoisotopic (exact) mass is 631 g/mol. The number of hydrogen-bond donors (Lipinski definition) is 0. The molecule has 5 rings (SSSR count). The Morgan fingerprint density at radius 2 is 1.67 bits per heavy atom. The molecule has 2 heterocycles. The lowest BCUT2D eigenvalue weighted by molar-refractivity contribution is -0.143. The molecule has 0 saturated carbocycles. The molecule has 0 bridgehead atoms. The fraction of sp³-hybridized carbons (Fsp3) is 0.343. The van der Waals surface area contributed by atoms with Crippen LogP contribution in [0.15, 0.2) is 72.8 Å². The van der Waals surface area contributed by atoms with Crippen LogP contribution in [0.2, 0.25) is 0 Å². The number of rotatable bonds is 11. The van der Waals surface area contributed by atoms with E-state index in [0.29, 0.717) is 55.8 Å². The molecule has 240 valence electrons. The van der Waals surface area contributed by atoms with Crippen molar-refractivity contribution in [3.8, 4) is 28.8 Å². The number of nitriles is 1. The Morgan fingerprint density at radius 1 is 0.978 bits per heavy atom. The second-order valence-electron chi connectivity index (χ2n) is 11.1. The number of carbonyl (C=O) groups is 1. The Balaban J connectivity index is 1.34. The number of methoxy groups -OCH3 is 1. The number of aryl methyl sites for hydroxylation is 1. The third kappa shape index (κ3) is 7.62. The number of anilines is 1. The number of benzene rings is 3.